The highest BCUT2D eigenvalue weighted by atomic mass is 32.2. The highest BCUT2D eigenvalue weighted by Crippen LogP contribution is 2.46. The molecule has 0 unspecified atom stereocenters. The largest absolute Gasteiger partial charge is 0.478 e. The van der Waals surface area contributed by atoms with E-state index in [0.717, 1.165) is 33.1 Å². The van der Waals surface area contributed by atoms with Crippen molar-refractivity contribution >= 4 is 35.3 Å². The molecular weight excluding hydrogens is 302 g/mol. The molecule has 1 aliphatic rings. The Morgan fingerprint density at radius 1 is 1.41 bits per heavy atom. The van der Waals surface area contributed by atoms with E-state index in [9.17, 15) is 4.79 Å². The molecule has 0 radical (unpaired) electrons. The maximum atomic E-state index is 10.7. The molecule has 0 amide bonds. The number of anilines is 2. The van der Waals surface area contributed by atoms with Crippen LogP contribution in [0.5, 0.6) is 0 Å². The lowest BCUT2D eigenvalue weighted by Crippen LogP contribution is -2.24. The van der Waals surface area contributed by atoms with E-state index in [-0.39, 0.29) is 0 Å². The zero-order chi connectivity index (χ0) is 15.5. The minimum Gasteiger partial charge on any atom is -0.478 e. The number of fused-ring (bicyclic) bond motifs is 2. The maximum Gasteiger partial charge on any atom is 0.328 e. The fraction of sp³-hybridized carbons (Fsp3) is 0.133. The number of benzene rings is 1. The molecule has 0 aliphatic carbocycles. The Balaban J connectivity index is 2.04. The maximum absolute atomic E-state index is 10.7. The van der Waals surface area contributed by atoms with Gasteiger partial charge in [0, 0.05) is 30.5 Å². The predicted octanol–water partition coefficient (Wildman–Crippen LogP) is 2.78. The number of hydrogen-bond acceptors (Lipinski definition) is 6. The number of ether oxygens (including phenoxy) is 1. The van der Waals surface area contributed by atoms with E-state index in [0.29, 0.717) is 6.73 Å². The number of nitrogens with zero attached hydrogens (tertiary/aromatic N) is 3. The summed E-state index contributed by atoms with van der Waals surface area (Å²) in [7, 11) is 1.62. The Morgan fingerprint density at radius 2 is 2.23 bits per heavy atom. The number of carbonyl (C=O) groups is 1. The van der Waals surface area contributed by atoms with Crippen LogP contribution in [0, 0.1) is 0 Å². The van der Waals surface area contributed by atoms with Gasteiger partial charge in [-0.25, -0.2) is 14.8 Å². The van der Waals surface area contributed by atoms with Crippen molar-refractivity contribution in [2.75, 3.05) is 18.7 Å². The van der Waals surface area contributed by atoms with Gasteiger partial charge in [-0.3, -0.25) is 4.90 Å². The van der Waals surface area contributed by atoms with Gasteiger partial charge in [0.25, 0.3) is 0 Å². The summed E-state index contributed by atoms with van der Waals surface area (Å²) in [6.07, 6.45) is 5.98. The van der Waals surface area contributed by atoms with Crippen LogP contribution >= 0.6 is 11.8 Å². The summed E-state index contributed by atoms with van der Waals surface area (Å²) >= 11 is 1.53. The van der Waals surface area contributed by atoms with Gasteiger partial charge in [0.15, 0.2) is 5.82 Å². The summed E-state index contributed by atoms with van der Waals surface area (Å²) in [6.45, 7) is 0.339. The first kappa shape index (κ1) is 14.6. The summed E-state index contributed by atoms with van der Waals surface area (Å²) in [6, 6.07) is 5.73. The van der Waals surface area contributed by atoms with Crippen LogP contribution < -0.4 is 4.90 Å². The molecule has 1 aliphatic heterocycles. The molecule has 1 aromatic heterocycles. The highest BCUT2D eigenvalue weighted by Gasteiger charge is 2.25. The highest BCUT2D eigenvalue weighted by molar-refractivity contribution is 7.99. The lowest BCUT2D eigenvalue weighted by atomic mass is 10.1. The lowest BCUT2D eigenvalue weighted by Gasteiger charge is -2.30. The van der Waals surface area contributed by atoms with Gasteiger partial charge < -0.3 is 9.84 Å². The summed E-state index contributed by atoms with van der Waals surface area (Å²) in [5.41, 5.74) is 1.72. The monoisotopic (exact) mass is 315 g/mol. The van der Waals surface area contributed by atoms with Crippen LogP contribution in [0.25, 0.3) is 6.08 Å². The molecular formula is C15H13N3O3S. The molecule has 3 rings (SSSR count). The number of carboxylic acids is 1. The number of aromatic nitrogens is 2. The molecule has 0 saturated heterocycles. The first-order chi connectivity index (χ1) is 10.7. The van der Waals surface area contributed by atoms with E-state index in [1.165, 1.54) is 11.8 Å². The van der Waals surface area contributed by atoms with Crippen molar-refractivity contribution in [1.29, 1.82) is 0 Å². The average molecular weight is 315 g/mol. The lowest BCUT2D eigenvalue weighted by molar-refractivity contribution is -0.131. The molecule has 2 aromatic rings. The zero-order valence-electron chi connectivity index (χ0n) is 11.8. The Labute approximate surface area is 131 Å². The van der Waals surface area contributed by atoms with Gasteiger partial charge in [0.1, 0.15) is 11.8 Å². The minimum absolute atomic E-state index is 0.339. The van der Waals surface area contributed by atoms with E-state index in [1.807, 2.05) is 23.1 Å². The van der Waals surface area contributed by atoms with Crippen molar-refractivity contribution in [3.63, 3.8) is 0 Å². The molecule has 0 spiro atoms. The Hall–Kier alpha value is -2.38. The van der Waals surface area contributed by atoms with Crippen molar-refractivity contribution in [2.24, 2.45) is 0 Å². The third-order valence-electron chi connectivity index (χ3n) is 3.06. The van der Waals surface area contributed by atoms with E-state index >= 15 is 0 Å². The number of aliphatic carboxylic acids is 1. The fourth-order valence-corrected chi connectivity index (χ4v) is 3.14. The zero-order valence-corrected chi connectivity index (χ0v) is 12.6. The van der Waals surface area contributed by atoms with E-state index in [2.05, 4.69) is 9.97 Å². The van der Waals surface area contributed by atoms with Crippen molar-refractivity contribution < 1.29 is 14.6 Å². The summed E-state index contributed by atoms with van der Waals surface area (Å²) in [5, 5.41) is 9.56. The van der Waals surface area contributed by atoms with Gasteiger partial charge in [-0.1, -0.05) is 17.8 Å². The van der Waals surface area contributed by atoms with Gasteiger partial charge in [-0.15, -0.1) is 0 Å². The molecule has 0 bridgehead atoms. The quantitative estimate of drug-likeness (QED) is 0.869. The van der Waals surface area contributed by atoms with Gasteiger partial charge in [-0.2, -0.15) is 0 Å². The molecule has 0 fully saturated rings. The van der Waals surface area contributed by atoms with Crippen LogP contribution in [-0.4, -0.2) is 34.9 Å². The number of methoxy groups -OCH3 is 1. The molecule has 1 aromatic carbocycles. The van der Waals surface area contributed by atoms with Gasteiger partial charge in [0.05, 0.1) is 5.69 Å². The van der Waals surface area contributed by atoms with Crippen LogP contribution in [-0.2, 0) is 9.53 Å². The first-order valence-electron chi connectivity index (χ1n) is 6.49. The van der Waals surface area contributed by atoms with Crippen LogP contribution in [0.3, 0.4) is 0 Å². The topological polar surface area (TPSA) is 75.5 Å². The summed E-state index contributed by atoms with van der Waals surface area (Å²) < 4.78 is 5.27. The van der Waals surface area contributed by atoms with Crippen LogP contribution in [0.2, 0.25) is 0 Å². The van der Waals surface area contributed by atoms with Crippen LogP contribution in [0.4, 0.5) is 11.5 Å². The minimum atomic E-state index is -0.975. The normalized spacial score (nSPS) is 13.0. The molecule has 0 saturated carbocycles. The molecule has 0 atom stereocenters. The van der Waals surface area contributed by atoms with Gasteiger partial charge in [-0.05, 0) is 23.8 Å². The number of hydrogen-bond donors (Lipinski definition) is 1. The second-order valence-corrected chi connectivity index (χ2v) is 5.56. The molecule has 2 heterocycles. The second kappa shape index (κ2) is 6.17. The molecule has 7 heteroatoms. The third kappa shape index (κ3) is 2.81. The molecule has 22 heavy (non-hydrogen) atoms. The van der Waals surface area contributed by atoms with Crippen LogP contribution in [0.15, 0.2) is 46.6 Å². The van der Waals surface area contributed by atoms with Crippen molar-refractivity contribution in [3.05, 3.63) is 42.2 Å². The van der Waals surface area contributed by atoms with E-state index < -0.39 is 5.97 Å². The summed E-state index contributed by atoms with van der Waals surface area (Å²) in [4.78, 5) is 22.3. The molecule has 6 nitrogen and oxygen atoms in total. The molecule has 1 N–H and O–H groups in total. The first-order valence-corrected chi connectivity index (χ1v) is 7.31. The van der Waals surface area contributed by atoms with Crippen molar-refractivity contribution in [2.45, 2.75) is 9.92 Å². The Kier molecular flexibility index (Phi) is 4.08. The summed E-state index contributed by atoms with van der Waals surface area (Å²) in [5.74, 6) is -0.238. The average Bonchev–Trinajstić information content (AvgIpc) is 2.53. The van der Waals surface area contributed by atoms with E-state index in [1.54, 1.807) is 25.6 Å². The molecule has 112 valence electrons. The second-order valence-electron chi connectivity index (χ2n) is 4.53. The number of carboxylic acid groups (broad SMARTS) is 1. The standard InChI is InChI=1S/C15H13N3O3S/c1-21-9-18-11-8-10(3-5-13(19)20)2-4-12(11)22-15-14(18)16-6-7-17-15/h2-8H,9H2,1H3,(H,19,20). The predicted molar refractivity (Wildman–Crippen MR) is 83.3 cm³/mol. The van der Waals surface area contributed by atoms with Gasteiger partial charge >= 0.3 is 5.97 Å². The van der Waals surface area contributed by atoms with Crippen LogP contribution in [0.1, 0.15) is 5.56 Å². The smallest absolute Gasteiger partial charge is 0.328 e. The van der Waals surface area contributed by atoms with E-state index in [4.69, 9.17) is 9.84 Å². The third-order valence-corrected chi connectivity index (χ3v) is 4.11. The van der Waals surface area contributed by atoms with Gasteiger partial charge in [0.2, 0.25) is 0 Å². The number of rotatable bonds is 4. The van der Waals surface area contributed by atoms with Crippen molar-refractivity contribution in [3.8, 4) is 0 Å². The SMILES string of the molecule is COCN1c2cc(C=CC(=O)O)ccc2Sc2nccnc21. The fourth-order valence-electron chi connectivity index (χ4n) is 2.16. The van der Waals surface area contributed by atoms with Crippen molar-refractivity contribution in [1.82, 2.24) is 9.97 Å². The Morgan fingerprint density at radius 3 is 3.00 bits per heavy atom. The Bertz CT molecular complexity index is 749.